The van der Waals surface area contributed by atoms with Gasteiger partial charge in [0.05, 0.1) is 17.9 Å². The van der Waals surface area contributed by atoms with Crippen LogP contribution in [0.1, 0.15) is 19.4 Å². The van der Waals surface area contributed by atoms with Crippen LogP contribution >= 0.6 is 0 Å². The summed E-state index contributed by atoms with van der Waals surface area (Å²) in [5.74, 6) is -1.13. The zero-order valence-electron chi connectivity index (χ0n) is 11.4. The number of rotatable bonds is 4. The van der Waals surface area contributed by atoms with Crippen molar-refractivity contribution in [1.82, 2.24) is 0 Å². The third-order valence-electron chi connectivity index (χ3n) is 2.40. The summed E-state index contributed by atoms with van der Waals surface area (Å²) in [7, 11) is 0. The first-order chi connectivity index (χ1) is 9.75. The van der Waals surface area contributed by atoms with E-state index in [0.717, 1.165) is 18.3 Å². The van der Waals surface area contributed by atoms with Crippen LogP contribution in [0.25, 0.3) is 0 Å². The maximum atomic E-state index is 12.5. The van der Waals surface area contributed by atoms with Crippen LogP contribution in [0.3, 0.4) is 0 Å². The van der Waals surface area contributed by atoms with E-state index in [1.165, 1.54) is 19.1 Å². The zero-order valence-corrected chi connectivity index (χ0v) is 11.4. The highest BCUT2D eigenvalue weighted by Crippen LogP contribution is 2.31. The fourth-order valence-electron chi connectivity index (χ4n) is 1.40. The van der Waals surface area contributed by atoms with Gasteiger partial charge in [-0.15, -0.1) is 0 Å². The molecule has 0 atom stereocenters. The topological polar surface area (TPSA) is 58.9 Å². The lowest BCUT2D eigenvalue weighted by atomic mass is 10.2. The third kappa shape index (κ3) is 4.94. The van der Waals surface area contributed by atoms with Gasteiger partial charge in [-0.1, -0.05) is 6.07 Å². The van der Waals surface area contributed by atoms with E-state index in [4.69, 9.17) is 4.74 Å². The standard InChI is InChI=1S/C14H14F3NO3/c1-3-21-13(20)12(9(2)19)8-18-11-6-4-5-10(7-11)14(15,16)17/h4-8,19H,3H2,1-2H3. The molecule has 0 radical (unpaired) electrons. The molecule has 0 fully saturated rings. The second-order valence-corrected chi connectivity index (χ2v) is 4.03. The Morgan fingerprint density at radius 2 is 2.10 bits per heavy atom. The SMILES string of the molecule is CCOC(=O)C(C=Nc1cccc(C(F)(F)F)c1)=C(C)O. The minimum absolute atomic E-state index is 0.00729. The Morgan fingerprint density at radius 3 is 2.62 bits per heavy atom. The molecule has 0 aliphatic carbocycles. The lowest BCUT2D eigenvalue weighted by Gasteiger charge is -2.06. The molecule has 0 saturated carbocycles. The van der Waals surface area contributed by atoms with Gasteiger partial charge in [0.25, 0.3) is 0 Å². The van der Waals surface area contributed by atoms with Gasteiger partial charge in [0.2, 0.25) is 0 Å². The average Bonchev–Trinajstić information content (AvgIpc) is 2.38. The van der Waals surface area contributed by atoms with Crippen molar-refractivity contribution in [1.29, 1.82) is 0 Å². The smallest absolute Gasteiger partial charge is 0.416 e. The Balaban J connectivity index is 3.04. The molecule has 0 unspecified atom stereocenters. The second-order valence-electron chi connectivity index (χ2n) is 4.03. The summed E-state index contributed by atoms with van der Waals surface area (Å²) in [4.78, 5) is 15.3. The molecule has 114 valence electrons. The van der Waals surface area contributed by atoms with Crippen LogP contribution < -0.4 is 0 Å². The maximum absolute atomic E-state index is 12.5. The Labute approximate surface area is 119 Å². The molecule has 0 aliphatic rings. The number of hydrogen-bond donors (Lipinski definition) is 1. The number of aliphatic hydroxyl groups is 1. The van der Waals surface area contributed by atoms with Crippen LogP contribution in [0, 0.1) is 0 Å². The van der Waals surface area contributed by atoms with Crippen LogP contribution in [0.5, 0.6) is 0 Å². The number of halogens is 3. The molecule has 1 rings (SSSR count). The summed E-state index contributed by atoms with van der Waals surface area (Å²) in [6, 6.07) is 4.31. The number of hydrogen-bond acceptors (Lipinski definition) is 4. The Hall–Kier alpha value is -2.31. The van der Waals surface area contributed by atoms with Crippen LogP contribution in [0.2, 0.25) is 0 Å². The van der Waals surface area contributed by atoms with E-state index in [1.807, 2.05) is 0 Å². The molecule has 0 amide bonds. The Bertz CT molecular complexity index is 573. The lowest BCUT2D eigenvalue weighted by molar-refractivity contribution is -0.138. The Morgan fingerprint density at radius 1 is 1.43 bits per heavy atom. The first-order valence-electron chi connectivity index (χ1n) is 6.04. The summed E-state index contributed by atoms with van der Waals surface area (Å²) in [5, 5.41) is 9.38. The summed E-state index contributed by atoms with van der Waals surface area (Å²) in [6.07, 6.45) is -3.50. The number of aliphatic imine (C=N–C) groups is 1. The number of allylic oxidation sites excluding steroid dienone is 1. The molecule has 0 aromatic heterocycles. The van der Waals surface area contributed by atoms with Gasteiger partial charge in [-0.3, -0.25) is 4.99 Å². The molecule has 0 saturated heterocycles. The molecule has 0 spiro atoms. The highest BCUT2D eigenvalue weighted by Gasteiger charge is 2.30. The van der Waals surface area contributed by atoms with Crippen LogP contribution in [0.15, 0.2) is 40.6 Å². The first kappa shape index (κ1) is 16.7. The number of alkyl halides is 3. The average molecular weight is 301 g/mol. The lowest BCUT2D eigenvalue weighted by Crippen LogP contribution is -2.10. The summed E-state index contributed by atoms with van der Waals surface area (Å²) < 4.78 is 42.3. The predicted octanol–water partition coefficient (Wildman–Crippen LogP) is 3.80. The predicted molar refractivity (Wildman–Crippen MR) is 71.6 cm³/mol. The number of aliphatic hydroxyl groups excluding tert-OH is 1. The van der Waals surface area contributed by atoms with Crippen molar-refractivity contribution >= 4 is 17.9 Å². The molecule has 1 N–H and O–H groups in total. The fourth-order valence-corrected chi connectivity index (χ4v) is 1.40. The molecule has 7 heteroatoms. The van der Waals surface area contributed by atoms with Gasteiger partial charge in [0.15, 0.2) is 0 Å². The number of carbonyl (C=O) groups excluding carboxylic acids is 1. The van der Waals surface area contributed by atoms with Gasteiger partial charge in [-0.2, -0.15) is 13.2 Å². The van der Waals surface area contributed by atoms with E-state index in [-0.39, 0.29) is 23.6 Å². The van der Waals surface area contributed by atoms with E-state index in [2.05, 4.69) is 4.99 Å². The molecule has 21 heavy (non-hydrogen) atoms. The first-order valence-corrected chi connectivity index (χ1v) is 6.04. The van der Waals surface area contributed by atoms with Crippen molar-refractivity contribution in [2.45, 2.75) is 20.0 Å². The molecular formula is C14H14F3NO3. The van der Waals surface area contributed by atoms with Gasteiger partial charge < -0.3 is 9.84 Å². The highest BCUT2D eigenvalue weighted by molar-refractivity contribution is 6.10. The number of esters is 1. The van der Waals surface area contributed by atoms with E-state index in [0.29, 0.717) is 0 Å². The second kappa shape index (κ2) is 6.92. The molecule has 1 aromatic carbocycles. The monoisotopic (exact) mass is 301 g/mol. The number of nitrogens with zero attached hydrogens (tertiary/aromatic N) is 1. The van der Waals surface area contributed by atoms with Gasteiger partial charge in [0.1, 0.15) is 11.3 Å². The minimum atomic E-state index is -4.47. The van der Waals surface area contributed by atoms with Crippen LogP contribution in [0.4, 0.5) is 18.9 Å². The van der Waals surface area contributed by atoms with E-state index >= 15 is 0 Å². The number of carbonyl (C=O) groups is 1. The minimum Gasteiger partial charge on any atom is -0.512 e. The van der Waals surface area contributed by atoms with E-state index in [1.54, 1.807) is 6.92 Å². The molecule has 0 heterocycles. The largest absolute Gasteiger partial charge is 0.512 e. The van der Waals surface area contributed by atoms with Crippen LogP contribution in [-0.2, 0) is 15.7 Å². The number of ether oxygens (including phenoxy) is 1. The summed E-state index contributed by atoms with van der Waals surface area (Å²) in [6.45, 7) is 2.95. The van der Waals surface area contributed by atoms with Crippen molar-refractivity contribution in [3.63, 3.8) is 0 Å². The molecule has 0 aliphatic heterocycles. The van der Waals surface area contributed by atoms with E-state index in [9.17, 15) is 23.1 Å². The van der Waals surface area contributed by atoms with Gasteiger partial charge in [-0.25, -0.2) is 4.79 Å². The van der Waals surface area contributed by atoms with Crippen LogP contribution in [-0.4, -0.2) is 23.9 Å². The normalized spacial score (nSPS) is 13.2. The van der Waals surface area contributed by atoms with Crippen molar-refractivity contribution in [2.24, 2.45) is 4.99 Å². The fraction of sp³-hybridized carbons (Fsp3) is 0.286. The van der Waals surface area contributed by atoms with Gasteiger partial charge in [-0.05, 0) is 32.0 Å². The highest BCUT2D eigenvalue weighted by atomic mass is 19.4. The summed E-state index contributed by atoms with van der Waals surface area (Å²) >= 11 is 0. The molecular weight excluding hydrogens is 287 g/mol. The quantitative estimate of drug-likeness (QED) is 0.398. The number of benzene rings is 1. The Kier molecular flexibility index (Phi) is 5.52. The zero-order chi connectivity index (χ0) is 16.0. The summed E-state index contributed by atoms with van der Waals surface area (Å²) in [5.41, 5.74) is -1.05. The molecule has 4 nitrogen and oxygen atoms in total. The maximum Gasteiger partial charge on any atom is 0.416 e. The third-order valence-corrected chi connectivity index (χ3v) is 2.40. The molecule has 0 bridgehead atoms. The van der Waals surface area contributed by atoms with Crippen molar-refractivity contribution < 1.29 is 27.8 Å². The van der Waals surface area contributed by atoms with E-state index < -0.39 is 17.7 Å². The van der Waals surface area contributed by atoms with Crippen molar-refractivity contribution in [3.8, 4) is 0 Å². The van der Waals surface area contributed by atoms with Crippen molar-refractivity contribution in [2.75, 3.05) is 6.61 Å². The van der Waals surface area contributed by atoms with Crippen molar-refractivity contribution in [3.05, 3.63) is 41.2 Å². The van der Waals surface area contributed by atoms with Gasteiger partial charge in [0, 0.05) is 6.21 Å². The molecule has 1 aromatic rings. The van der Waals surface area contributed by atoms with Gasteiger partial charge >= 0.3 is 12.1 Å².